The van der Waals surface area contributed by atoms with Crippen LogP contribution in [-0.2, 0) is 14.8 Å². The van der Waals surface area contributed by atoms with Gasteiger partial charge in [-0.25, -0.2) is 8.42 Å². The van der Waals surface area contributed by atoms with Crippen LogP contribution in [0, 0.1) is 23.7 Å². The maximum atomic E-state index is 13.1. The van der Waals surface area contributed by atoms with Crippen molar-refractivity contribution in [1.82, 2.24) is 4.72 Å². The van der Waals surface area contributed by atoms with Gasteiger partial charge in [-0.1, -0.05) is 23.2 Å². The first-order valence-electron chi connectivity index (χ1n) is 10.1. The molecule has 0 aromatic heterocycles. The Morgan fingerprint density at radius 1 is 1.21 bits per heavy atom. The smallest absolute Gasteiger partial charge is 0.242 e. The molecule has 2 N–H and O–H groups in total. The van der Waals surface area contributed by atoms with Gasteiger partial charge in [-0.15, -0.1) is 0 Å². The van der Waals surface area contributed by atoms with Crippen LogP contribution in [0.1, 0.15) is 52.4 Å². The maximum Gasteiger partial charge on any atom is 0.242 e. The van der Waals surface area contributed by atoms with E-state index in [2.05, 4.69) is 4.72 Å². The van der Waals surface area contributed by atoms with Crippen LogP contribution in [0.2, 0.25) is 10.0 Å². The van der Waals surface area contributed by atoms with Crippen molar-refractivity contribution in [3.05, 3.63) is 28.2 Å². The highest BCUT2D eigenvalue weighted by molar-refractivity contribution is 7.89. The van der Waals surface area contributed by atoms with Gasteiger partial charge < -0.3 is 5.11 Å². The molecule has 5 nitrogen and oxygen atoms in total. The number of halogens is 2. The van der Waals surface area contributed by atoms with E-state index in [4.69, 9.17) is 23.2 Å². The van der Waals surface area contributed by atoms with Crippen molar-refractivity contribution in [3.8, 4) is 0 Å². The molecule has 4 saturated carbocycles. The predicted octanol–water partition coefficient (Wildman–Crippen LogP) is 4.20. The van der Waals surface area contributed by atoms with Crippen molar-refractivity contribution in [1.29, 1.82) is 0 Å². The molecule has 0 heterocycles. The molecule has 29 heavy (non-hydrogen) atoms. The predicted molar refractivity (Wildman–Crippen MR) is 112 cm³/mol. The second-order valence-electron chi connectivity index (χ2n) is 9.79. The Balaban J connectivity index is 1.48. The molecule has 2 unspecified atom stereocenters. The van der Waals surface area contributed by atoms with E-state index in [1.165, 1.54) is 18.2 Å². The van der Waals surface area contributed by atoms with Crippen LogP contribution in [0.25, 0.3) is 0 Å². The molecule has 1 aromatic rings. The van der Waals surface area contributed by atoms with Crippen LogP contribution in [0.4, 0.5) is 0 Å². The average molecular weight is 460 g/mol. The van der Waals surface area contributed by atoms with E-state index in [-0.39, 0.29) is 21.6 Å². The topological polar surface area (TPSA) is 83.5 Å². The summed E-state index contributed by atoms with van der Waals surface area (Å²) >= 11 is 11.9. The molecule has 4 aliphatic rings. The number of nitrogens with one attached hydrogen (secondary N) is 1. The molecule has 4 aliphatic carbocycles. The minimum absolute atomic E-state index is 0.0162. The molecule has 4 fully saturated rings. The van der Waals surface area contributed by atoms with Crippen molar-refractivity contribution in [2.24, 2.45) is 23.7 Å². The highest BCUT2D eigenvalue weighted by Gasteiger charge is 2.55. The zero-order chi connectivity index (χ0) is 21.2. The molecule has 0 saturated heterocycles. The summed E-state index contributed by atoms with van der Waals surface area (Å²) in [4.78, 5) is 13.0. The number of carbonyl (C=O) groups excluding carboxylic acids is 1. The van der Waals surface area contributed by atoms with Crippen molar-refractivity contribution in [3.63, 3.8) is 0 Å². The van der Waals surface area contributed by atoms with Gasteiger partial charge in [0, 0.05) is 11.4 Å². The van der Waals surface area contributed by atoms with Crippen molar-refractivity contribution in [2.45, 2.75) is 68.4 Å². The average Bonchev–Trinajstić information content (AvgIpc) is 2.55. The lowest BCUT2D eigenvalue weighted by molar-refractivity contribution is -0.158. The van der Waals surface area contributed by atoms with Crippen LogP contribution in [0.3, 0.4) is 0 Å². The molecule has 8 heteroatoms. The van der Waals surface area contributed by atoms with Crippen LogP contribution >= 0.6 is 23.2 Å². The van der Waals surface area contributed by atoms with Crippen LogP contribution in [0.15, 0.2) is 23.1 Å². The number of rotatable bonds is 6. The van der Waals surface area contributed by atoms with Crippen molar-refractivity contribution in [2.75, 3.05) is 0 Å². The summed E-state index contributed by atoms with van der Waals surface area (Å²) in [6, 6.07) is 4.16. The number of aliphatic hydroxyl groups is 1. The minimum Gasteiger partial charge on any atom is -0.390 e. The Labute approximate surface area is 182 Å². The molecular formula is C21H27Cl2NO4S. The fourth-order valence-electron chi connectivity index (χ4n) is 6.03. The summed E-state index contributed by atoms with van der Waals surface area (Å²) in [5, 5.41) is 11.1. The SMILES string of the molecule is CC(C)(NS(=O)(=O)c1ccc(Cl)cc1Cl)C(=O)CC1C2CC3CC1CC(O)(C3)C2. The highest BCUT2D eigenvalue weighted by atomic mass is 35.5. The number of carbonyl (C=O) groups is 1. The van der Waals surface area contributed by atoms with Crippen molar-refractivity contribution < 1.29 is 18.3 Å². The van der Waals surface area contributed by atoms with Gasteiger partial charge in [0.2, 0.25) is 10.0 Å². The molecule has 0 amide bonds. The summed E-state index contributed by atoms with van der Waals surface area (Å²) in [5.41, 5.74) is -1.80. The second-order valence-corrected chi connectivity index (χ2v) is 12.3. The Morgan fingerprint density at radius 3 is 2.38 bits per heavy atom. The first-order valence-corrected chi connectivity index (χ1v) is 12.4. The van der Waals surface area contributed by atoms with Gasteiger partial charge in [-0.2, -0.15) is 4.72 Å². The summed E-state index contributed by atoms with van der Waals surface area (Å²) in [7, 11) is -3.98. The molecule has 1 aromatic carbocycles. The third kappa shape index (κ3) is 4.11. The fraction of sp³-hybridized carbons (Fsp3) is 0.667. The summed E-state index contributed by atoms with van der Waals surface area (Å²) in [6.07, 6.45) is 4.91. The monoisotopic (exact) mass is 459 g/mol. The van der Waals surface area contributed by atoms with E-state index >= 15 is 0 Å². The van der Waals surface area contributed by atoms with Gasteiger partial charge in [0.25, 0.3) is 0 Å². The maximum absolute atomic E-state index is 13.1. The number of hydrogen-bond acceptors (Lipinski definition) is 4. The first-order chi connectivity index (χ1) is 13.4. The molecule has 160 valence electrons. The van der Waals surface area contributed by atoms with E-state index in [1.807, 2.05) is 0 Å². The van der Waals surface area contributed by atoms with E-state index < -0.39 is 21.2 Å². The number of Topliss-reactive ketones (excluding diaryl/α,β-unsaturated/α-hetero) is 1. The minimum atomic E-state index is -3.98. The number of ketones is 1. The Bertz CT molecular complexity index is 930. The Hall–Kier alpha value is -0.660. The van der Waals surface area contributed by atoms with Gasteiger partial charge in [-0.3, -0.25) is 4.79 Å². The summed E-state index contributed by atoms with van der Waals surface area (Å²) in [6.45, 7) is 3.20. The molecular weight excluding hydrogens is 433 g/mol. The van der Waals surface area contributed by atoms with E-state index in [1.54, 1.807) is 13.8 Å². The lowest BCUT2D eigenvalue weighted by Crippen LogP contribution is -2.56. The first kappa shape index (κ1) is 21.6. The zero-order valence-corrected chi connectivity index (χ0v) is 18.9. The molecule has 0 spiro atoms. The summed E-state index contributed by atoms with van der Waals surface area (Å²) < 4.78 is 28.2. The highest BCUT2D eigenvalue weighted by Crippen LogP contribution is 2.59. The molecule has 0 aliphatic heterocycles. The third-order valence-corrected chi connectivity index (χ3v) is 9.50. The number of hydrogen-bond donors (Lipinski definition) is 2. The van der Waals surface area contributed by atoms with Crippen LogP contribution in [-0.4, -0.2) is 30.4 Å². The van der Waals surface area contributed by atoms with E-state index in [9.17, 15) is 18.3 Å². The Morgan fingerprint density at radius 2 is 1.83 bits per heavy atom. The quantitative estimate of drug-likeness (QED) is 0.667. The number of sulfonamides is 1. The van der Waals surface area contributed by atoms with Crippen LogP contribution < -0.4 is 4.72 Å². The standard InChI is InChI=1S/C21H27Cl2NO4S/c1-20(2,24-29(27,28)18-4-3-15(22)7-17(18)23)19(25)8-16-13-5-12-6-14(16)11-21(26,9-12)10-13/h3-4,7,12-14,16,24,26H,5-6,8-11H2,1-2H3. The fourth-order valence-corrected chi connectivity index (χ4v) is 8.20. The zero-order valence-electron chi connectivity index (χ0n) is 16.6. The number of benzene rings is 1. The van der Waals surface area contributed by atoms with Crippen molar-refractivity contribution >= 4 is 39.0 Å². The molecule has 0 radical (unpaired) electrons. The molecule has 4 bridgehead atoms. The lowest BCUT2D eigenvalue weighted by Gasteiger charge is -2.58. The Kier molecular flexibility index (Phi) is 5.35. The molecule has 5 rings (SSSR count). The van der Waals surface area contributed by atoms with Gasteiger partial charge >= 0.3 is 0 Å². The third-order valence-electron chi connectivity index (χ3n) is 7.13. The van der Waals surface area contributed by atoms with E-state index in [0.717, 1.165) is 32.1 Å². The van der Waals surface area contributed by atoms with Gasteiger partial charge in [0.15, 0.2) is 5.78 Å². The van der Waals surface area contributed by atoms with Crippen LogP contribution in [0.5, 0.6) is 0 Å². The second kappa shape index (κ2) is 7.20. The normalized spacial score (nSPS) is 33.8. The molecule has 2 atom stereocenters. The lowest BCUT2D eigenvalue weighted by atomic mass is 9.49. The van der Waals surface area contributed by atoms with E-state index in [0.29, 0.717) is 29.2 Å². The summed E-state index contributed by atoms with van der Waals surface area (Å²) in [5.74, 6) is 1.38. The van der Waals surface area contributed by atoms with Gasteiger partial charge in [0.05, 0.1) is 16.2 Å². The van der Waals surface area contributed by atoms with Gasteiger partial charge in [0.1, 0.15) is 4.90 Å². The van der Waals surface area contributed by atoms with Gasteiger partial charge in [-0.05, 0) is 87.8 Å². The largest absolute Gasteiger partial charge is 0.390 e.